The molecule has 1 heterocycles. The van der Waals surface area contributed by atoms with Crippen LogP contribution in [-0.2, 0) is 0 Å². The number of nitrogens with zero attached hydrogens (tertiary/aromatic N) is 2. The van der Waals surface area contributed by atoms with Gasteiger partial charge in [0.05, 0.1) is 0 Å². The molecule has 1 aliphatic rings. The Kier molecular flexibility index (Phi) is 3.73. The second kappa shape index (κ2) is 5.26. The summed E-state index contributed by atoms with van der Waals surface area (Å²) in [7, 11) is 0. The van der Waals surface area contributed by atoms with Crippen molar-refractivity contribution < 1.29 is 21.2 Å². The Morgan fingerprint density at radius 2 is 2.13 bits per heavy atom. The van der Waals surface area contributed by atoms with E-state index in [0.717, 1.165) is 6.42 Å². The van der Waals surface area contributed by atoms with E-state index in [2.05, 4.69) is 29.3 Å². The molecule has 0 radical (unpaired) electrons. The maximum absolute atomic E-state index is 8.66. The fourth-order valence-corrected chi connectivity index (χ4v) is 4.66. The van der Waals surface area contributed by atoms with Crippen LogP contribution in [0.5, 0.6) is 0 Å². The number of aliphatic imine (C=N–C) groups is 1. The molecule has 1 saturated heterocycles. The topological polar surface area (TPSA) is 36.1 Å². The van der Waals surface area contributed by atoms with Crippen LogP contribution in [0.3, 0.4) is 0 Å². The quantitative estimate of drug-likeness (QED) is 0.392. The summed E-state index contributed by atoms with van der Waals surface area (Å²) in [6.07, 6.45) is 4.40. The third kappa shape index (κ3) is 2.57. The fourth-order valence-electron chi connectivity index (χ4n) is 1.80. The Labute approximate surface area is 100 Å². The van der Waals surface area contributed by atoms with Crippen molar-refractivity contribution in [3.05, 3.63) is 35.9 Å². The second-order valence-corrected chi connectivity index (χ2v) is 6.41. The fraction of sp³-hybridized carbons (Fsp3) is 0.333. The molecule has 1 aromatic carbocycles. The number of halogens is 1. The number of rotatable bonds is 1. The van der Waals surface area contributed by atoms with Crippen molar-refractivity contribution in [2.75, 3.05) is 4.43 Å². The molecule has 0 saturated carbocycles. The van der Waals surface area contributed by atoms with Gasteiger partial charge in [-0.2, -0.15) is 0 Å². The Morgan fingerprint density at radius 3 is 2.87 bits per heavy atom. The van der Waals surface area contributed by atoms with Crippen LogP contribution in [0.1, 0.15) is 24.3 Å². The molecule has 78 valence electrons. The predicted molar refractivity (Wildman–Crippen MR) is 56.3 cm³/mol. The second-order valence-electron chi connectivity index (χ2n) is 3.46. The van der Waals surface area contributed by atoms with Crippen molar-refractivity contribution >= 4 is 3.72 Å². The molecule has 2 rings (SSSR count). The molecule has 3 heteroatoms. The maximum atomic E-state index is 8.66. The van der Waals surface area contributed by atoms with E-state index in [9.17, 15) is 0 Å². The normalized spacial score (nSPS) is 24.2. The van der Waals surface area contributed by atoms with E-state index in [1.54, 1.807) is 0 Å². The van der Waals surface area contributed by atoms with Gasteiger partial charge in [-0.3, -0.25) is 0 Å². The van der Waals surface area contributed by atoms with Gasteiger partial charge in [0.25, 0.3) is 0 Å². The third-order valence-electron chi connectivity index (χ3n) is 2.50. The number of hydrogen-bond donors (Lipinski definition) is 0. The van der Waals surface area contributed by atoms with Crippen LogP contribution >= 0.6 is 0 Å². The summed E-state index contributed by atoms with van der Waals surface area (Å²) >= 11 is 0.00390. The first-order chi connectivity index (χ1) is 7.42. The van der Waals surface area contributed by atoms with E-state index in [1.165, 1.54) is 20.1 Å². The standard InChI is InChI=1S/C12H12IN2/c14-9-15-12-11(7-4-8-13-12)10-5-2-1-3-6-10/h1-3,5-6,11H,4,7-8H2/q-1. The first-order valence-electron chi connectivity index (χ1n) is 5.02. The van der Waals surface area contributed by atoms with Crippen LogP contribution in [-0.4, -0.2) is 8.15 Å². The van der Waals surface area contributed by atoms with E-state index in [4.69, 9.17) is 5.26 Å². The molecule has 0 amide bonds. The van der Waals surface area contributed by atoms with Crippen molar-refractivity contribution in [2.24, 2.45) is 4.99 Å². The summed E-state index contributed by atoms with van der Waals surface area (Å²) in [5.74, 6) is 0.424. The number of benzene rings is 1. The van der Waals surface area contributed by atoms with Gasteiger partial charge >= 0.3 is 100 Å². The number of nitriles is 1. The molecule has 1 atom stereocenters. The summed E-state index contributed by atoms with van der Waals surface area (Å²) in [6.45, 7) is 0. The molecule has 0 aliphatic carbocycles. The Morgan fingerprint density at radius 1 is 1.33 bits per heavy atom. The molecule has 1 aliphatic heterocycles. The molecule has 1 aromatic rings. The van der Waals surface area contributed by atoms with E-state index >= 15 is 0 Å². The van der Waals surface area contributed by atoms with Crippen molar-refractivity contribution in [2.45, 2.75) is 18.8 Å². The van der Waals surface area contributed by atoms with Crippen molar-refractivity contribution in [1.29, 1.82) is 5.26 Å². The van der Waals surface area contributed by atoms with E-state index in [-0.39, 0.29) is 21.2 Å². The summed E-state index contributed by atoms with van der Waals surface area (Å²) in [5.41, 5.74) is 1.32. The van der Waals surface area contributed by atoms with Crippen LogP contribution < -0.4 is 21.2 Å². The van der Waals surface area contributed by atoms with E-state index in [0.29, 0.717) is 5.92 Å². The van der Waals surface area contributed by atoms with Gasteiger partial charge in [-0.05, 0) is 0 Å². The minimum absolute atomic E-state index is 0.00390. The zero-order valence-electron chi connectivity index (χ0n) is 8.36. The van der Waals surface area contributed by atoms with Crippen LogP contribution in [0.4, 0.5) is 0 Å². The molecule has 2 nitrogen and oxygen atoms in total. The van der Waals surface area contributed by atoms with Gasteiger partial charge in [0.15, 0.2) is 0 Å². The van der Waals surface area contributed by atoms with Gasteiger partial charge in [-0.1, -0.05) is 0 Å². The number of alkyl halides is 1. The summed E-state index contributed by atoms with van der Waals surface area (Å²) in [5, 5.41) is 8.66. The van der Waals surface area contributed by atoms with Crippen LogP contribution in [0.15, 0.2) is 35.3 Å². The van der Waals surface area contributed by atoms with E-state index < -0.39 is 0 Å². The molecule has 0 aromatic heterocycles. The first-order valence-corrected chi connectivity index (χ1v) is 7.63. The van der Waals surface area contributed by atoms with Crippen LogP contribution in [0.2, 0.25) is 0 Å². The summed E-state index contributed by atoms with van der Waals surface area (Å²) in [6, 6.07) is 10.4. The monoisotopic (exact) mass is 311 g/mol. The average molecular weight is 311 g/mol. The summed E-state index contributed by atoms with van der Waals surface area (Å²) < 4.78 is 2.46. The third-order valence-corrected chi connectivity index (χ3v) is 5.58. The predicted octanol–water partition coefficient (Wildman–Crippen LogP) is -0.467. The van der Waals surface area contributed by atoms with Crippen molar-refractivity contribution in [3.8, 4) is 6.19 Å². The van der Waals surface area contributed by atoms with Gasteiger partial charge in [0.1, 0.15) is 0 Å². The Balaban J connectivity index is 2.27. The molecule has 0 spiro atoms. The zero-order valence-corrected chi connectivity index (χ0v) is 10.5. The molecule has 15 heavy (non-hydrogen) atoms. The van der Waals surface area contributed by atoms with Crippen molar-refractivity contribution in [3.63, 3.8) is 0 Å². The van der Waals surface area contributed by atoms with Gasteiger partial charge in [0.2, 0.25) is 0 Å². The molecule has 0 bridgehead atoms. The van der Waals surface area contributed by atoms with Gasteiger partial charge in [-0.25, -0.2) is 0 Å². The molecule has 1 unspecified atom stereocenters. The Bertz CT molecular complexity index is 392. The first kappa shape index (κ1) is 10.6. The molecular formula is C12H12IN2-. The molecule has 0 N–H and O–H groups in total. The summed E-state index contributed by atoms with van der Waals surface area (Å²) in [4.78, 5) is 4.01. The zero-order chi connectivity index (χ0) is 10.5. The minimum atomic E-state index is 0.00390. The SMILES string of the molecule is N#CN=C1[I-]CCCC1c1ccccc1. The number of hydrogen-bond acceptors (Lipinski definition) is 2. The Hall–Kier alpha value is -0.890. The van der Waals surface area contributed by atoms with Gasteiger partial charge in [-0.15, -0.1) is 0 Å². The van der Waals surface area contributed by atoms with Crippen LogP contribution in [0.25, 0.3) is 0 Å². The van der Waals surface area contributed by atoms with Crippen LogP contribution in [0, 0.1) is 11.5 Å². The molecule has 1 fully saturated rings. The molecular weight excluding hydrogens is 299 g/mol. The van der Waals surface area contributed by atoms with Crippen molar-refractivity contribution in [1.82, 2.24) is 0 Å². The average Bonchev–Trinajstić information content (AvgIpc) is 2.31. The van der Waals surface area contributed by atoms with Gasteiger partial charge in [0, 0.05) is 0 Å². The van der Waals surface area contributed by atoms with Gasteiger partial charge < -0.3 is 0 Å². The van der Waals surface area contributed by atoms with E-state index in [1.807, 2.05) is 12.3 Å².